The number of ether oxygens (including phenoxy) is 1. The van der Waals surface area contributed by atoms with Gasteiger partial charge in [0.15, 0.2) is 5.65 Å². The molecule has 2 heterocycles. The van der Waals surface area contributed by atoms with E-state index in [-0.39, 0.29) is 0 Å². The molecule has 1 aromatic carbocycles. The lowest BCUT2D eigenvalue weighted by Gasteiger charge is -2.04. The Balaban J connectivity index is 1.94. The molecule has 17 heavy (non-hydrogen) atoms. The molecule has 6 heteroatoms. The SMILES string of the molecule is Clc1cccc(Oc2cc3nncn3cn2)c1. The van der Waals surface area contributed by atoms with E-state index in [0.717, 1.165) is 0 Å². The Labute approximate surface area is 102 Å². The van der Waals surface area contributed by atoms with Gasteiger partial charge in [-0.2, -0.15) is 0 Å². The number of halogens is 1. The number of benzene rings is 1. The second-order valence-corrected chi connectivity index (χ2v) is 3.82. The second-order valence-electron chi connectivity index (χ2n) is 3.38. The van der Waals surface area contributed by atoms with Crippen molar-refractivity contribution in [3.8, 4) is 11.6 Å². The van der Waals surface area contributed by atoms with Crippen LogP contribution in [0.2, 0.25) is 5.02 Å². The third-order valence-corrected chi connectivity index (χ3v) is 2.42. The summed E-state index contributed by atoms with van der Waals surface area (Å²) >= 11 is 5.86. The molecule has 0 bridgehead atoms. The molecular weight excluding hydrogens is 240 g/mol. The molecule has 0 aliphatic heterocycles. The van der Waals surface area contributed by atoms with Gasteiger partial charge in [0.05, 0.1) is 0 Å². The van der Waals surface area contributed by atoms with E-state index in [2.05, 4.69) is 15.2 Å². The van der Waals surface area contributed by atoms with Crippen molar-refractivity contribution in [2.24, 2.45) is 0 Å². The molecule has 0 unspecified atom stereocenters. The first-order valence-electron chi connectivity index (χ1n) is 4.90. The lowest BCUT2D eigenvalue weighted by atomic mass is 10.3. The summed E-state index contributed by atoms with van der Waals surface area (Å²) in [5, 5.41) is 8.28. The molecular formula is C11H7ClN4O. The normalized spacial score (nSPS) is 10.6. The number of nitrogens with zero attached hydrogens (tertiary/aromatic N) is 4. The fraction of sp³-hybridized carbons (Fsp3) is 0. The highest BCUT2D eigenvalue weighted by Crippen LogP contribution is 2.22. The standard InChI is InChI=1S/C11H7ClN4O/c12-8-2-1-3-9(4-8)17-11-5-10-15-14-7-16(10)6-13-11/h1-7H. The molecule has 0 aliphatic rings. The van der Waals surface area contributed by atoms with Crippen LogP contribution in [-0.2, 0) is 0 Å². The molecule has 2 aromatic heterocycles. The highest BCUT2D eigenvalue weighted by Gasteiger charge is 2.02. The largest absolute Gasteiger partial charge is 0.439 e. The van der Waals surface area contributed by atoms with Crippen LogP contribution in [-0.4, -0.2) is 19.6 Å². The van der Waals surface area contributed by atoms with Crippen LogP contribution < -0.4 is 4.74 Å². The summed E-state index contributed by atoms with van der Waals surface area (Å²) in [6.45, 7) is 0. The Kier molecular flexibility index (Phi) is 2.38. The second kappa shape index (κ2) is 4.03. The van der Waals surface area contributed by atoms with Crippen LogP contribution in [0.15, 0.2) is 43.0 Å². The van der Waals surface area contributed by atoms with Crippen molar-refractivity contribution in [2.75, 3.05) is 0 Å². The minimum absolute atomic E-state index is 0.452. The number of aromatic nitrogens is 4. The first-order valence-corrected chi connectivity index (χ1v) is 5.28. The van der Waals surface area contributed by atoms with Crippen LogP contribution in [0.5, 0.6) is 11.6 Å². The van der Waals surface area contributed by atoms with Gasteiger partial charge in [0.1, 0.15) is 18.4 Å². The molecule has 3 aromatic rings. The fourth-order valence-electron chi connectivity index (χ4n) is 1.42. The average Bonchev–Trinajstić information content (AvgIpc) is 2.76. The Hall–Kier alpha value is -2.14. The minimum atomic E-state index is 0.452. The van der Waals surface area contributed by atoms with Crippen LogP contribution in [0.3, 0.4) is 0 Å². The minimum Gasteiger partial charge on any atom is -0.439 e. The van der Waals surface area contributed by atoms with Crippen molar-refractivity contribution in [3.05, 3.63) is 48.0 Å². The summed E-state index contributed by atoms with van der Waals surface area (Å²) in [6.07, 6.45) is 3.17. The van der Waals surface area contributed by atoms with Crippen LogP contribution in [0.1, 0.15) is 0 Å². The predicted molar refractivity (Wildman–Crippen MR) is 62.3 cm³/mol. The number of rotatable bonds is 2. The average molecular weight is 247 g/mol. The summed E-state index contributed by atoms with van der Waals surface area (Å²) in [5.74, 6) is 1.08. The number of fused-ring (bicyclic) bond motifs is 1. The highest BCUT2D eigenvalue weighted by molar-refractivity contribution is 6.30. The van der Waals surface area contributed by atoms with Gasteiger partial charge in [-0.1, -0.05) is 17.7 Å². The zero-order chi connectivity index (χ0) is 11.7. The molecule has 0 fully saturated rings. The molecule has 0 atom stereocenters. The zero-order valence-electron chi connectivity index (χ0n) is 8.62. The molecule has 3 rings (SSSR count). The number of hydrogen-bond acceptors (Lipinski definition) is 4. The van der Waals surface area contributed by atoms with Gasteiger partial charge < -0.3 is 4.74 Å². The van der Waals surface area contributed by atoms with E-state index in [4.69, 9.17) is 16.3 Å². The van der Waals surface area contributed by atoms with Gasteiger partial charge in [-0.3, -0.25) is 4.40 Å². The van der Waals surface area contributed by atoms with Gasteiger partial charge in [0, 0.05) is 11.1 Å². The van der Waals surface area contributed by atoms with E-state index in [1.165, 1.54) is 0 Å². The third-order valence-electron chi connectivity index (χ3n) is 2.18. The highest BCUT2D eigenvalue weighted by atomic mass is 35.5. The lowest BCUT2D eigenvalue weighted by molar-refractivity contribution is 0.462. The first-order chi connectivity index (χ1) is 8.31. The van der Waals surface area contributed by atoms with Crippen molar-refractivity contribution in [1.82, 2.24) is 19.6 Å². The number of hydrogen-bond donors (Lipinski definition) is 0. The quantitative estimate of drug-likeness (QED) is 0.697. The Morgan fingerprint density at radius 3 is 3.00 bits per heavy atom. The van der Waals surface area contributed by atoms with Crippen LogP contribution in [0, 0.1) is 0 Å². The van der Waals surface area contributed by atoms with Crippen molar-refractivity contribution in [1.29, 1.82) is 0 Å². The monoisotopic (exact) mass is 246 g/mol. The summed E-state index contributed by atoms with van der Waals surface area (Å²) in [6, 6.07) is 8.82. The fourth-order valence-corrected chi connectivity index (χ4v) is 1.60. The zero-order valence-corrected chi connectivity index (χ0v) is 9.37. The Morgan fingerprint density at radius 1 is 1.18 bits per heavy atom. The molecule has 0 N–H and O–H groups in total. The maximum Gasteiger partial charge on any atom is 0.224 e. The van der Waals surface area contributed by atoms with Gasteiger partial charge in [0.2, 0.25) is 5.88 Å². The molecule has 0 saturated carbocycles. The Morgan fingerprint density at radius 2 is 2.12 bits per heavy atom. The van der Waals surface area contributed by atoms with Gasteiger partial charge >= 0.3 is 0 Å². The summed E-state index contributed by atoms with van der Waals surface area (Å²) in [5.41, 5.74) is 0.678. The maximum atomic E-state index is 5.86. The molecule has 0 amide bonds. The molecule has 84 valence electrons. The van der Waals surface area contributed by atoms with E-state index >= 15 is 0 Å². The van der Waals surface area contributed by atoms with Crippen LogP contribution in [0.4, 0.5) is 0 Å². The Bertz CT molecular complexity index is 667. The van der Waals surface area contributed by atoms with Crippen molar-refractivity contribution < 1.29 is 4.74 Å². The van der Waals surface area contributed by atoms with Gasteiger partial charge in [-0.15, -0.1) is 10.2 Å². The van der Waals surface area contributed by atoms with Gasteiger partial charge in [-0.05, 0) is 18.2 Å². The molecule has 0 saturated heterocycles. The smallest absolute Gasteiger partial charge is 0.224 e. The third kappa shape index (κ3) is 2.05. The summed E-state index contributed by atoms with van der Waals surface area (Å²) in [7, 11) is 0. The molecule has 0 aliphatic carbocycles. The van der Waals surface area contributed by atoms with E-state index in [1.54, 1.807) is 35.3 Å². The van der Waals surface area contributed by atoms with Crippen molar-refractivity contribution in [2.45, 2.75) is 0 Å². The summed E-state index contributed by atoms with van der Waals surface area (Å²) in [4.78, 5) is 4.12. The van der Waals surface area contributed by atoms with Crippen LogP contribution >= 0.6 is 11.6 Å². The van der Waals surface area contributed by atoms with E-state index in [1.807, 2.05) is 12.1 Å². The predicted octanol–water partition coefficient (Wildman–Crippen LogP) is 2.57. The topological polar surface area (TPSA) is 52.3 Å². The van der Waals surface area contributed by atoms with Crippen LogP contribution in [0.25, 0.3) is 5.65 Å². The lowest BCUT2D eigenvalue weighted by Crippen LogP contribution is -1.91. The van der Waals surface area contributed by atoms with Gasteiger partial charge in [-0.25, -0.2) is 4.98 Å². The van der Waals surface area contributed by atoms with E-state index < -0.39 is 0 Å². The molecule has 0 spiro atoms. The van der Waals surface area contributed by atoms with Crippen molar-refractivity contribution in [3.63, 3.8) is 0 Å². The van der Waals surface area contributed by atoms with E-state index in [9.17, 15) is 0 Å². The summed E-state index contributed by atoms with van der Waals surface area (Å²) < 4.78 is 7.26. The van der Waals surface area contributed by atoms with E-state index in [0.29, 0.717) is 22.3 Å². The first kappa shape index (κ1) is 10.0. The molecule has 0 radical (unpaired) electrons. The van der Waals surface area contributed by atoms with Gasteiger partial charge in [0.25, 0.3) is 0 Å². The molecule has 5 nitrogen and oxygen atoms in total. The van der Waals surface area contributed by atoms with Crippen molar-refractivity contribution >= 4 is 17.2 Å². The maximum absolute atomic E-state index is 5.86.